The van der Waals surface area contributed by atoms with Crippen LogP contribution in [0.25, 0.3) is 0 Å². The lowest BCUT2D eigenvalue weighted by Gasteiger charge is -2.17. The minimum atomic E-state index is -3.66. The number of nitrogens with one attached hydrogen (secondary N) is 2. The predicted octanol–water partition coefficient (Wildman–Crippen LogP) is 1.32. The highest BCUT2D eigenvalue weighted by atomic mass is 32.2. The molecule has 1 aliphatic heterocycles. The molecule has 2 N–H and O–H groups in total. The molecule has 1 aromatic carbocycles. The molecule has 21 heavy (non-hydrogen) atoms. The number of non-ortho nitro benzene ring substituents is 1. The van der Waals surface area contributed by atoms with Gasteiger partial charge < -0.3 is 5.32 Å². The minimum Gasteiger partial charge on any atom is -0.315 e. The van der Waals surface area contributed by atoms with E-state index in [-0.39, 0.29) is 16.6 Å². The molecule has 1 aliphatic rings. The Kier molecular flexibility index (Phi) is 4.92. The summed E-state index contributed by atoms with van der Waals surface area (Å²) in [6, 6.07) is 3.64. The van der Waals surface area contributed by atoms with Gasteiger partial charge in [0.1, 0.15) is 0 Å². The van der Waals surface area contributed by atoms with E-state index in [9.17, 15) is 18.5 Å². The summed E-state index contributed by atoms with van der Waals surface area (Å²) in [5.74, 6) is 0. The zero-order valence-corrected chi connectivity index (χ0v) is 12.6. The molecule has 0 aliphatic carbocycles. The zero-order valence-electron chi connectivity index (χ0n) is 11.8. The number of nitro groups is 1. The van der Waals surface area contributed by atoms with Crippen LogP contribution in [-0.2, 0) is 10.0 Å². The molecule has 1 fully saturated rings. The first-order chi connectivity index (χ1) is 9.90. The molecule has 1 unspecified atom stereocenters. The summed E-state index contributed by atoms with van der Waals surface area (Å²) in [6.45, 7) is 3.06. The lowest BCUT2D eigenvalue weighted by Crippen LogP contribution is -2.40. The van der Waals surface area contributed by atoms with Crippen molar-refractivity contribution >= 4 is 15.7 Å². The molecule has 7 nitrogen and oxygen atoms in total. The lowest BCUT2D eigenvalue weighted by molar-refractivity contribution is -0.385. The molecule has 1 aromatic rings. The third-order valence-corrected chi connectivity index (χ3v) is 5.21. The summed E-state index contributed by atoms with van der Waals surface area (Å²) in [5.41, 5.74) is 0.265. The minimum absolute atomic E-state index is 0.0948. The van der Waals surface area contributed by atoms with E-state index in [0.29, 0.717) is 12.1 Å². The van der Waals surface area contributed by atoms with Crippen LogP contribution in [0.2, 0.25) is 0 Å². The maximum atomic E-state index is 12.4. The monoisotopic (exact) mass is 313 g/mol. The van der Waals surface area contributed by atoms with Gasteiger partial charge in [0, 0.05) is 24.7 Å². The van der Waals surface area contributed by atoms with Gasteiger partial charge in [0.25, 0.3) is 5.69 Å². The fourth-order valence-electron chi connectivity index (χ4n) is 2.45. The van der Waals surface area contributed by atoms with Gasteiger partial charge in [-0.2, -0.15) is 0 Å². The third kappa shape index (κ3) is 3.99. The second-order valence-corrected chi connectivity index (χ2v) is 6.91. The van der Waals surface area contributed by atoms with Gasteiger partial charge >= 0.3 is 0 Å². The van der Waals surface area contributed by atoms with Crippen molar-refractivity contribution in [1.82, 2.24) is 10.0 Å². The number of nitrogens with zero attached hydrogens (tertiary/aromatic N) is 1. The van der Waals surface area contributed by atoms with Crippen LogP contribution in [-0.4, -0.2) is 32.5 Å². The predicted molar refractivity (Wildman–Crippen MR) is 78.7 cm³/mol. The SMILES string of the molecule is Cc1cc([N+](=O)[O-])ccc1S(=O)(=O)NC1CCCCNC1. The van der Waals surface area contributed by atoms with Gasteiger partial charge in [-0.05, 0) is 37.9 Å². The molecule has 0 amide bonds. The Morgan fingerprint density at radius 2 is 2.14 bits per heavy atom. The quantitative estimate of drug-likeness (QED) is 0.645. The van der Waals surface area contributed by atoms with Crippen LogP contribution in [0.5, 0.6) is 0 Å². The van der Waals surface area contributed by atoms with E-state index in [0.717, 1.165) is 25.8 Å². The normalized spacial score (nSPS) is 20.0. The van der Waals surface area contributed by atoms with E-state index in [1.807, 2.05) is 0 Å². The highest BCUT2D eigenvalue weighted by molar-refractivity contribution is 7.89. The van der Waals surface area contributed by atoms with Crippen LogP contribution < -0.4 is 10.0 Å². The first kappa shape index (κ1) is 15.9. The maximum Gasteiger partial charge on any atom is 0.269 e. The fraction of sp³-hybridized carbons (Fsp3) is 0.538. The second kappa shape index (κ2) is 6.50. The van der Waals surface area contributed by atoms with Crippen molar-refractivity contribution in [1.29, 1.82) is 0 Å². The van der Waals surface area contributed by atoms with E-state index in [4.69, 9.17) is 0 Å². The number of benzene rings is 1. The summed E-state index contributed by atoms with van der Waals surface area (Å²) in [7, 11) is -3.66. The maximum absolute atomic E-state index is 12.4. The first-order valence-corrected chi connectivity index (χ1v) is 8.36. The van der Waals surface area contributed by atoms with E-state index in [1.165, 1.54) is 18.2 Å². The van der Waals surface area contributed by atoms with Crippen molar-refractivity contribution in [3.05, 3.63) is 33.9 Å². The number of hydrogen-bond donors (Lipinski definition) is 2. The molecule has 8 heteroatoms. The molecule has 0 saturated carbocycles. The van der Waals surface area contributed by atoms with Gasteiger partial charge in [0.2, 0.25) is 10.0 Å². The highest BCUT2D eigenvalue weighted by Gasteiger charge is 2.23. The number of sulfonamides is 1. The number of aryl methyl sites for hydroxylation is 1. The Bertz CT molecular complexity index is 622. The standard InChI is InChI=1S/C13H19N3O4S/c1-10-8-12(16(17)18)5-6-13(10)21(19,20)15-11-4-2-3-7-14-9-11/h5-6,8,11,14-15H,2-4,7,9H2,1H3. The van der Waals surface area contributed by atoms with Crippen LogP contribution >= 0.6 is 0 Å². The summed E-state index contributed by atoms with van der Waals surface area (Å²) in [4.78, 5) is 10.3. The topological polar surface area (TPSA) is 101 Å². The van der Waals surface area contributed by atoms with Crippen molar-refractivity contribution in [3.8, 4) is 0 Å². The summed E-state index contributed by atoms with van der Waals surface area (Å²) in [5, 5.41) is 13.9. The number of nitro benzene ring substituents is 1. The average Bonchev–Trinajstić information content (AvgIpc) is 2.66. The van der Waals surface area contributed by atoms with Gasteiger partial charge in [0.15, 0.2) is 0 Å². The van der Waals surface area contributed by atoms with Crippen LogP contribution in [0.1, 0.15) is 24.8 Å². The average molecular weight is 313 g/mol. The van der Waals surface area contributed by atoms with Gasteiger partial charge in [0.05, 0.1) is 9.82 Å². The Hall–Kier alpha value is -1.51. The smallest absolute Gasteiger partial charge is 0.269 e. The van der Waals surface area contributed by atoms with Gasteiger partial charge in [-0.3, -0.25) is 10.1 Å². The Labute approximate surface area is 123 Å². The highest BCUT2D eigenvalue weighted by Crippen LogP contribution is 2.21. The Morgan fingerprint density at radius 3 is 2.81 bits per heavy atom. The first-order valence-electron chi connectivity index (χ1n) is 6.88. The molecular weight excluding hydrogens is 294 g/mol. The molecule has 0 bridgehead atoms. The van der Waals surface area contributed by atoms with Crippen molar-refractivity contribution in [3.63, 3.8) is 0 Å². The molecule has 0 radical (unpaired) electrons. The van der Waals surface area contributed by atoms with Gasteiger partial charge in [-0.25, -0.2) is 13.1 Å². The summed E-state index contributed by atoms with van der Waals surface area (Å²) >= 11 is 0. The van der Waals surface area contributed by atoms with Crippen molar-refractivity contribution in [2.75, 3.05) is 13.1 Å². The van der Waals surface area contributed by atoms with Gasteiger partial charge in [-0.15, -0.1) is 0 Å². The molecular formula is C13H19N3O4S. The number of hydrogen-bond acceptors (Lipinski definition) is 5. The molecule has 0 spiro atoms. The van der Waals surface area contributed by atoms with Gasteiger partial charge in [-0.1, -0.05) is 6.42 Å². The van der Waals surface area contributed by atoms with Crippen LogP contribution in [0.4, 0.5) is 5.69 Å². The molecule has 1 heterocycles. The molecule has 116 valence electrons. The second-order valence-electron chi connectivity index (χ2n) is 5.23. The zero-order chi connectivity index (χ0) is 15.5. The van der Waals surface area contributed by atoms with Crippen molar-refractivity contribution < 1.29 is 13.3 Å². The molecule has 0 aromatic heterocycles. The van der Waals surface area contributed by atoms with Crippen LogP contribution in [0.3, 0.4) is 0 Å². The molecule has 1 atom stereocenters. The fourth-order valence-corrected chi connectivity index (χ4v) is 3.95. The molecule has 2 rings (SSSR count). The molecule has 1 saturated heterocycles. The van der Waals surface area contributed by atoms with E-state index >= 15 is 0 Å². The van der Waals surface area contributed by atoms with Crippen LogP contribution in [0.15, 0.2) is 23.1 Å². The Morgan fingerprint density at radius 1 is 1.38 bits per heavy atom. The van der Waals surface area contributed by atoms with E-state index < -0.39 is 14.9 Å². The summed E-state index contributed by atoms with van der Waals surface area (Å²) in [6.07, 6.45) is 2.80. The van der Waals surface area contributed by atoms with Crippen LogP contribution in [0, 0.1) is 17.0 Å². The van der Waals surface area contributed by atoms with E-state index in [2.05, 4.69) is 10.0 Å². The Balaban J connectivity index is 2.20. The van der Waals surface area contributed by atoms with E-state index in [1.54, 1.807) is 6.92 Å². The van der Waals surface area contributed by atoms with Crippen molar-refractivity contribution in [2.45, 2.75) is 37.1 Å². The third-order valence-electron chi connectivity index (χ3n) is 3.53. The largest absolute Gasteiger partial charge is 0.315 e. The summed E-state index contributed by atoms with van der Waals surface area (Å²) < 4.78 is 27.5. The lowest BCUT2D eigenvalue weighted by atomic mass is 10.2. The number of rotatable bonds is 4. The van der Waals surface area contributed by atoms with Crippen molar-refractivity contribution in [2.24, 2.45) is 0 Å².